The van der Waals surface area contributed by atoms with Crippen molar-refractivity contribution >= 4 is 0 Å². The van der Waals surface area contributed by atoms with Crippen LogP contribution in [0.5, 0.6) is 5.75 Å². The Morgan fingerprint density at radius 2 is 1.48 bits per heavy atom. The van der Waals surface area contributed by atoms with Crippen molar-refractivity contribution in [3.05, 3.63) is 29.3 Å². The van der Waals surface area contributed by atoms with Gasteiger partial charge in [0.2, 0.25) is 0 Å². The van der Waals surface area contributed by atoms with Gasteiger partial charge >= 0.3 is 6.11 Å². The average molecular weight is 386 g/mol. The first-order chi connectivity index (χ1) is 12.8. The molecule has 1 aromatic rings. The highest BCUT2D eigenvalue weighted by molar-refractivity contribution is 5.30. The maximum atomic E-state index is 14.6. The van der Waals surface area contributed by atoms with Gasteiger partial charge in [0.15, 0.2) is 11.6 Å². The summed E-state index contributed by atoms with van der Waals surface area (Å²) < 4.78 is 60.8. The molecule has 152 valence electrons. The summed E-state index contributed by atoms with van der Waals surface area (Å²) in [5.74, 6) is -1.30. The zero-order chi connectivity index (χ0) is 19.6. The average Bonchev–Trinajstić information content (AvgIpc) is 2.66. The Hall–Kier alpha value is -1.26. The van der Waals surface area contributed by atoms with E-state index in [0.29, 0.717) is 30.7 Å². The Balaban J connectivity index is 1.55. The van der Waals surface area contributed by atoms with Crippen molar-refractivity contribution in [3.8, 4) is 5.75 Å². The first-order valence-corrected chi connectivity index (χ1v) is 10.3. The molecule has 2 aliphatic carbocycles. The number of rotatable bonds is 5. The highest BCUT2D eigenvalue weighted by atomic mass is 19.3. The second-order valence-corrected chi connectivity index (χ2v) is 8.50. The van der Waals surface area contributed by atoms with Crippen LogP contribution in [0.4, 0.5) is 17.6 Å². The summed E-state index contributed by atoms with van der Waals surface area (Å²) in [6.07, 6.45) is 5.36. The van der Waals surface area contributed by atoms with Crippen LogP contribution in [0.1, 0.15) is 70.3 Å². The molecule has 3 rings (SSSR count). The van der Waals surface area contributed by atoms with Crippen LogP contribution in [-0.4, -0.2) is 6.11 Å². The number of hydrogen-bond acceptors (Lipinski definition) is 1. The van der Waals surface area contributed by atoms with E-state index < -0.39 is 23.7 Å². The quantitative estimate of drug-likeness (QED) is 0.484. The molecule has 2 aliphatic rings. The smallest absolute Gasteiger partial charge is 0.400 e. The minimum atomic E-state index is -3.36. The van der Waals surface area contributed by atoms with Gasteiger partial charge in [-0.3, -0.25) is 0 Å². The van der Waals surface area contributed by atoms with Crippen LogP contribution in [0.3, 0.4) is 0 Å². The molecule has 0 saturated heterocycles. The standard InChI is InChI=1S/C22H30F4O/c1-3-15-4-6-16(7-5-15)17-8-10-18(11-9-17)22(25,26)27-19-12-14(2)21(24)20(23)13-19/h12-13,15-18H,3-11H2,1-2H3. The summed E-state index contributed by atoms with van der Waals surface area (Å²) in [5.41, 5.74) is -0.0350. The molecule has 0 radical (unpaired) electrons. The summed E-state index contributed by atoms with van der Waals surface area (Å²) in [7, 11) is 0. The molecule has 0 aliphatic heterocycles. The van der Waals surface area contributed by atoms with E-state index in [4.69, 9.17) is 4.74 Å². The van der Waals surface area contributed by atoms with E-state index in [1.54, 1.807) is 0 Å². The third kappa shape index (κ3) is 4.78. The van der Waals surface area contributed by atoms with E-state index in [1.165, 1.54) is 39.0 Å². The van der Waals surface area contributed by atoms with Crippen molar-refractivity contribution in [3.63, 3.8) is 0 Å². The van der Waals surface area contributed by atoms with Gasteiger partial charge in [0.25, 0.3) is 0 Å². The minimum absolute atomic E-state index is 0.0350. The lowest BCUT2D eigenvalue weighted by molar-refractivity contribution is -0.224. The van der Waals surface area contributed by atoms with Crippen LogP contribution in [0.2, 0.25) is 0 Å². The molecule has 0 heterocycles. The Morgan fingerprint density at radius 1 is 0.926 bits per heavy atom. The lowest BCUT2D eigenvalue weighted by Crippen LogP contribution is -2.38. The van der Waals surface area contributed by atoms with Gasteiger partial charge in [-0.15, -0.1) is 0 Å². The van der Waals surface area contributed by atoms with Crippen molar-refractivity contribution in [1.82, 2.24) is 0 Å². The maximum absolute atomic E-state index is 14.6. The van der Waals surface area contributed by atoms with Gasteiger partial charge in [0.1, 0.15) is 5.75 Å². The van der Waals surface area contributed by atoms with Gasteiger partial charge in [0.05, 0.1) is 5.92 Å². The SMILES string of the molecule is CCC1CCC(C2CCC(C(F)(F)Oc3cc(C)c(F)c(F)c3)CC2)CC1. The molecule has 0 unspecified atom stereocenters. The van der Waals surface area contributed by atoms with E-state index in [2.05, 4.69) is 6.92 Å². The third-order valence-corrected chi connectivity index (χ3v) is 6.82. The van der Waals surface area contributed by atoms with Crippen molar-refractivity contribution in [2.75, 3.05) is 0 Å². The van der Waals surface area contributed by atoms with Crippen molar-refractivity contribution in [2.24, 2.45) is 23.7 Å². The summed E-state index contributed by atoms with van der Waals surface area (Å²) in [6, 6.07) is 1.83. The van der Waals surface area contributed by atoms with E-state index in [0.717, 1.165) is 24.8 Å². The third-order valence-electron chi connectivity index (χ3n) is 6.82. The summed E-state index contributed by atoms with van der Waals surface area (Å²) in [6.45, 7) is 3.58. The van der Waals surface area contributed by atoms with Crippen LogP contribution < -0.4 is 4.74 Å². The van der Waals surface area contributed by atoms with Gasteiger partial charge in [-0.25, -0.2) is 8.78 Å². The number of aryl methyl sites for hydroxylation is 1. The predicted molar refractivity (Wildman–Crippen MR) is 97.9 cm³/mol. The monoisotopic (exact) mass is 386 g/mol. The van der Waals surface area contributed by atoms with E-state index in [1.807, 2.05) is 0 Å². The molecule has 2 fully saturated rings. The summed E-state index contributed by atoms with van der Waals surface area (Å²) in [5, 5.41) is 0. The van der Waals surface area contributed by atoms with E-state index in [-0.39, 0.29) is 11.3 Å². The molecule has 0 aromatic heterocycles. The number of ether oxygens (including phenoxy) is 1. The van der Waals surface area contributed by atoms with Crippen molar-refractivity contribution < 1.29 is 22.3 Å². The fourth-order valence-corrected chi connectivity index (χ4v) is 4.99. The maximum Gasteiger partial charge on any atom is 0.400 e. The zero-order valence-corrected chi connectivity index (χ0v) is 16.2. The molecule has 0 bridgehead atoms. The molecule has 0 amide bonds. The Bertz CT molecular complexity index is 606. The zero-order valence-electron chi connectivity index (χ0n) is 16.2. The van der Waals surface area contributed by atoms with Crippen LogP contribution in [0, 0.1) is 42.2 Å². The van der Waals surface area contributed by atoms with Gasteiger partial charge < -0.3 is 4.74 Å². The first kappa shape index (κ1) is 20.5. The fourth-order valence-electron chi connectivity index (χ4n) is 4.99. The predicted octanol–water partition coefficient (Wildman–Crippen LogP) is 7.27. The fraction of sp³-hybridized carbons (Fsp3) is 0.727. The highest BCUT2D eigenvalue weighted by Crippen LogP contribution is 2.45. The Morgan fingerprint density at radius 3 is 2.00 bits per heavy atom. The molecule has 0 atom stereocenters. The number of halogens is 4. The first-order valence-electron chi connectivity index (χ1n) is 10.3. The highest BCUT2D eigenvalue weighted by Gasteiger charge is 2.45. The second kappa shape index (κ2) is 8.40. The van der Waals surface area contributed by atoms with Gasteiger partial charge in [-0.05, 0) is 74.8 Å². The van der Waals surface area contributed by atoms with Crippen LogP contribution in [0.25, 0.3) is 0 Å². The second-order valence-electron chi connectivity index (χ2n) is 8.50. The van der Waals surface area contributed by atoms with Gasteiger partial charge in [-0.2, -0.15) is 8.78 Å². The van der Waals surface area contributed by atoms with Gasteiger partial charge in [0, 0.05) is 6.07 Å². The van der Waals surface area contributed by atoms with Crippen LogP contribution in [0.15, 0.2) is 12.1 Å². The lowest BCUT2D eigenvalue weighted by atomic mass is 9.69. The molecule has 5 heteroatoms. The number of hydrogen-bond donors (Lipinski definition) is 0. The molecular weight excluding hydrogens is 356 g/mol. The topological polar surface area (TPSA) is 9.23 Å². The molecular formula is C22H30F4O. The molecule has 2 saturated carbocycles. The Kier molecular flexibility index (Phi) is 6.37. The van der Waals surface area contributed by atoms with Crippen LogP contribution >= 0.6 is 0 Å². The lowest BCUT2D eigenvalue weighted by Gasteiger charge is -2.39. The van der Waals surface area contributed by atoms with Crippen molar-refractivity contribution in [1.29, 1.82) is 0 Å². The summed E-state index contributed by atoms with van der Waals surface area (Å²) in [4.78, 5) is 0. The minimum Gasteiger partial charge on any atom is -0.432 e. The summed E-state index contributed by atoms with van der Waals surface area (Å²) >= 11 is 0. The molecule has 0 N–H and O–H groups in total. The van der Waals surface area contributed by atoms with Crippen LogP contribution in [-0.2, 0) is 0 Å². The van der Waals surface area contributed by atoms with E-state index in [9.17, 15) is 17.6 Å². The molecule has 0 spiro atoms. The molecule has 1 aromatic carbocycles. The molecule has 1 nitrogen and oxygen atoms in total. The van der Waals surface area contributed by atoms with Crippen molar-refractivity contribution in [2.45, 2.75) is 77.7 Å². The number of alkyl halides is 2. The molecule has 27 heavy (non-hydrogen) atoms. The Labute approximate surface area is 159 Å². The van der Waals surface area contributed by atoms with E-state index >= 15 is 0 Å². The number of benzene rings is 1. The normalized spacial score (nSPS) is 29.6. The van der Waals surface area contributed by atoms with Gasteiger partial charge in [-0.1, -0.05) is 26.2 Å². The largest absolute Gasteiger partial charge is 0.432 e.